The number of fused-ring (bicyclic) bond motifs is 1. The maximum atomic E-state index is 13.3. The highest BCUT2D eigenvalue weighted by Crippen LogP contribution is 2.27. The molecule has 0 saturated heterocycles. The first kappa shape index (κ1) is 19.8. The summed E-state index contributed by atoms with van der Waals surface area (Å²) in [4.78, 5) is 0. The molecule has 0 radical (unpaired) electrons. The molecule has 1 atom stereocenters. The molecule has 1 aliphatic carbocycles. The van der Waals surface area contributed by atoms with Crippen LogP contribution in [0.4, 0.5) is 8.78 Å². The highest BCUT2D eigenvalue weighted by atomic mass is 19.1. The third-order valence-electron chi connectivity index (χ3n) is 5.57. The minimum Gasteiger partial charge on any atom is -0.508 e. The second kappa shape index (κ2) is 9.84. The highest BCUT2D eigenvalue weighted by molar-refractivity contribution is 5.32. The monoisotopic (exact) mass is 373 g/mol. The molecular formula is C23H29F2NO. The molecular weight excluding hydrogens is 344 g/mol. The van der Waals surface area contributed by atoms with Gasteiger partial charge in [0.15, 0.2) is 0 Å². The average molecular weight is 373 g/mol. The lowest BCUT2D eigenvalue weighted by molar-refractivity contribution is 0.411. The lowest BCUT2D eigenvalue weighted by Gasteiger charge is -2.24. The second-order valence-electron chi connectivity index (χ2n) is 7.64. The summed E-state index contributed by atoms with van der Waals surface area (Å²) in [6.07, 6.45) is 8.18. The summed E-state index contributed by atoms with van der Waals surface area (Å²) in [5.41, 5.74) is 3.19. The Bertz CT molecular complexity index is 747. The number of phenols is 1. The Kier molecular flexibility index (Phi) is 7.22. The van der Waals surface area contributed by atoms with Crippen LogP contribution in [0, 0.1) is 17.6 Å². The minimum atomic E-state index is -0.292. The molecule has 2 aromatic rings. The van der Waals surface area contributed by atoms with E-state index in [2.05, 4.69) is 5.32 Å². The summed E-state index contributed by atoms with van der Waals surface area (Å²) in [7, 11) is 0. The van der Waals surface area contributed by atoms with Gasteiger partial charge in [-0.2, -0.15) is 0 Å². The zero-order valence-electron chi connectivity index (χ0n) is 15.8. The van der Waals surface area contributed by atoms with E-state index in [0.717, 1.165) is 58.0 Å². The van der Waals surface area contributed by atoms with Gasteiger partial charge in [-0.3, -0.25) is 0 Å². The van der Waals surface area contributed by atoms with Crippen LogP contribution in [0.2, 0.25) is 0 Å². The van der Waals surface area contributed by atoms with Crippen molar-refractivity contribution in [3.8, 4) is 5.75 Å². The van der Waals surface area contributed by atoms with Crippen LogP contribution in [-0.4, -0.2) is 18.2 Å². The fourth-order valence-electron chi connectivity index (χ4n) is 3.97. The first-order valence-electron chi connectivity index (χ1n) is 10.1. The van der Waals surface area contributed by atoms with Crippen molar-refractivity contribution < 1.29 is 13.9 Å². The zero-order valence-corrected chi connectivity index (χ0v) is 15.8. The van der Waals surface area contributed by atoms with E-state index in [0.29, 0.717) is 17.9 Å². The third-order valence-corrected chi connectivity index (χ3v) is 5.57. The molecule has 4 heteroatoms. The van der Waals surface area contributed by atoms with E-state index in [1.807, 2.05) is 6.07 Å². The summed E-state index contributed by atoms with van der Waals surface area (Å²) in [6, 6.07) is 9.33. The van der Waals surface area contributed by atoms with Crippen molar-refractivity contribution in [3.05, 3.63) is 64.7 Å². The fourth-order valence-corrected chi connectivity index (χ4v) is 3.97. The molecule has 0 aromatic heterocycles. The molecule has 2 N–H and O–H groups in total. The molecule has 1 aliphatic rings. The predicted octanol–water partition coefficient (Wildman–Crippen LogP) is 5.17. The van der Waals surface area contributed by atoms with Gasteiger partial charge in [0.25, 0.3) is 0 Å². The quantitative estimate of drug-likeness (QED) is 0.595. The molecule has 2 aromatic carbocycles. The number of aryl methyl sites for hydroxylation is 2. The number of halogens is 2. The van der Waals surface area contributed by atoms with Crippen molar-refractivity contribution in [2.24, 2.45) is 5.92 Å². The van der Waals surface area contributed by atoms with Gasteiger partial charge in [0.2, 0.25) is 0 Å². The van der Waals surface area contributed by atoms with Crippen LogP contribution in [0.1, 0.15) is 48.8 Å². The molecule has 0 fully saturated rings. The molecule has 0 spiro atoms. The third kappa shape index (κ3) is 6.03. The van der Waals surface area contributed by atoms with E-state index in [9.17, 15) is 13.9 Å². The average Bonchev–Trinajstić information content (AvgIpc) is 2.66. The number of aromatic hydroxyl groups is 1. The van der Waals surface area contributed by atoms with Gasteiger partial charge in [-0.05, 0) is 111 Å². The lowest BCUT2D eigenvalue weighted by Crippen LogP contribution is -2.22. The van der Waals surface area contributed by atoms with Crippen LogP contribution >= 0.6 is 0 Å². The normalized spacial score (nSPS) is 16.3. The Morgan fingerprint density at radius 1 is 0.926 bits per heavy atom. The molecule has 3 rings (SSSR count). The van der Waals surface area contributed by atoms with Crippen LogP contribution in [-0.2, 0) is 19.3 Å². The molecule has 0 bridgehead atoms. The smallest absolute Gasteiger partial charge is 0.123 e. The largest absolute Gasteiger partial charge is 0.508 e. The minimum absolute atomic E-state index is 0.124. The Hall–Kier alpha value is -1.94. The van der Waals surface area contributed by atoms with Gasteiger partial charge in [-0.1, -0.05) is 12.5 Å². The number of rotatable bonds is 9. The van der Waals surface area contributed by atoms with E-state index in [1.165, 1.54) is 29.3 Å². The number of hydrogen-bond donors (Lipinski definition) is 2. The molecule has 2 nitrogen and oxygen atoms in total. The number of hydrogen-bond acceptors (Lipinski definition) is 2. The van der Waals surface area contributed by atoms with Gasteiger partial charge in [0.05, 0.1) is 0 Å². The van der Waals surface area contributed by atoms with Crippen molar-refractivity contribution in [1.82, 2.24) is 5.32 Å². The van der Waals surface area contributed by atoms with Gasteiger partial charge in [0.1, 0.15) is 17.4 Å². The van der Waals surface area contributed by atoms with Gasteiger partial charge in [0, 0.05) is 0 Å². The topological polar surface area (TPSA) is 32.3 Å². The van der Waals surface area contributed by atoms with Gasteiger partial charge < -0.3 is 10.4 Å². The maximum Gasteiger partial charge on any atom is 0.123 e. The molecule has 0 saturated carbocycles. The van der Waals surface area contributed by atoms with Crippen molar-refractivity contribution in [1.29, 1.82) is 0 Å². The SMILES string of the molecule is Oc1ccc(F)cc1CCCCCNCCC1CCc2cc(F)ccc2C1. The standard InChI is InChI=1S/C23H29F2NO/c24-21-8-7-18-14-17(5-6-19(18)15-21)11-13-26-12-3-1-2-4-20-16-22(25)9-10-23(20)27/h7-10,15-17,26-27H,1-6,11-14H2. The predicted molar refractivity (Wildman–Crippen MR) is 105 cm³/mol. The Labute approximate surface area is 160 Å². The summed E-state index contributed by atoms with van der Waals surface area (Å²) >= 11 is 0. The molecule has 0 aliphatic heterocycles. The zero-order chi connectivity index (χ0) is 19.1. The molecule has 146 valence electrons. The van der Waals surface area contributed by atoms with Crippen LogP contribution < -0.4 is 5.32 Å². The van der Waals surface area contributed by atoms with Crippen LogP contribution in [0.15, 0.2) is 36.4 Å². The molecule has 0 heterocycles. The van der Waals surface area contributed by atoms with E-state index >= 15 is 0 Å². The number of unbranched alkanes of at least 4 members (excludes halogenated alkanes) is 2. The Morgan fingerprint density at radius 2 is 1.74 bits per heavy atom. The maximum absolute atomic E-state index is 13.3. The van der Waals surface area contributed by atoms with E-state index in [1.54, 1.807) is 12.1 Å². The second-order valence-corrected chi connectivity index (χ2v) is 7.64. The number of nitrogens with one attached hydrogen (secondary N) is 1. The molecule has 0 amide bonds. The Morgan fingerprint density at radius 3 is 2.63 bits per heavy atom. The number of phenolic OH excluding ortho intramolecular Hbond substituents is 1. The summed E-state index contributed by atoms with van der Waals surface area (Å²) in [5, 5.41) is 13.2. The van der Waals surface area contributed by atoms with Gasteiger partial charge >= 0.3 is 0 Å². The lowest BCUT2D eigenvalue weighted by atomic mass is 9.82. The molecule has 27 heavy (non-hydrogen) atoms. The number of benzene rings is 2. The van der Waals surface area contributed by atoms with Crippen LogP contribution in [0.5, 0.6) is 5.75 Å². The molecule has 1 unspecified atom stereocenters. The van der Waals surface area contributed by atoms with Crippen molar-refractivity contribution in [2.45, 2.75) is 51.4 Å². The fraction of sp³-hybridized carbons (Fsp3) is 0.478. The van der Waals surface area contributed by atoms with E-state index in [-0.39, 0.29) is 17.4 Å². The Balaban J connectivity index is 1.25. The summed E-state index contributed by atoms with van der Waals surface area (Å²) in [5.74, 6) is 0.458. The van der Waals surface area contributed by atoms with E-state index < -0.39 is 0 Å². The van der Waals surface area contributed by atoms with Crippen LogP contribution in [0.3, 0.4) is 0 Å². The van der Waals surface area contributed by atoms with Crippen LogP contribution in [0.25, 0.3) is 0 Å². The van der Waals surface area contributed by atoms with Gasteiger partial charge in [-0.25, -0.2) is 8.78 Å². The van der Waals surface area contributed by atoms with Crippen molar-refractivity contribution in [3.63, 3.8) is 0 Å². The highest BCUT2D eigenvalue weighted by Gasteiger charge is 2.18. The van der Waals surface area contributed by atoms with E-state index in [4.69, 9.17) is 0 Å². The summed E-state index contributed by atoms with van der Waals surface area (Å²) in [6.45, 7) is 2.01. The van der Waals surface area contributed by atoms with Gasteiger partial charge in [-0.15, -0.1) is 0 Å². The first-order valence-corrected chi connectivity index (χ1v) is 10.1. The van der Waals surface area contributed by atoms with Crippen molar-refractivity contribution in [2.75, 3.05) is 13.1 Å². The summed E-state index contributed by atoms with van der Waals surface area (Å²) < 4.78 is 26.4. The first-order chi connectivity index (χ1) is 13.1. The van der Waals surface area contributed by atoms with Crippen molar-refractivity contribution >= 4 is 0 Å².